The van der Waals surface area contributed by atoms with E-state index in [4.69, 9.17) is 11.6 Å². The zero-order valence-corrected chi connectivity index (χ0v) is 13.0. The summed E-state index contributed by atoms with van der Waals surface area (Å²) in [5, 5.41) is 0. The van der Waals surface area contributed by atoms with Crippen LogP contribution < -0.4 is 0 Å². The minimum absolute atomic E-state index is 0.0205. The molecule has 2 nitrogen and oxygen atoms in total. The van der Waals surface area contributed by atoms with Crippen LogP contribution >= 0.6 is 38.9 Å². The topological polar surface area (TPSA) is 34.1 Å². The maximum atomic E-state index is 12.0. The van der Waals surface area contributed by atoms with E-state index in [1.165, 1.54) is 11.3 Å². The Bertz CT molecular complexity index is 610. The molecule has 0 N–H and O–H groups in total. The minimum atomic E-state index is -1.33. The van der Waals surface area contributed by atoms with E-state index in [0.29, 0.717) is 14.1 Å². The number of halogens is 2. The first-order chi connectivity index (χ1) is 8.56. The molecule has 0 saturated heterocycles. The Morgan fingerprint density at radius 2 is 2.11 bits per heavy atom. The van der Waals surface area contributed by atoms with E-state index >= 15 is 0 Å². The van der Waals surface area contributed by atoms with E-state index in [1.807, 2.05) is 6.07 Å². The molecule has 0 aliphatic rings. The molecule has 0 amide bonds. The van der Waals surface area contributed by atoms with Crippen molar-refractivity contribution in [2.24, 2.45) is 0 Å². The SMILES string of the molecule is O=C(CS(=O)c1cccc(Br)c1)c1ccc(Cl)s1. The summed E-state index contributed by atoms with van der Waals surface area (Å²) < 4.78 is 13.4. The largest absolute Gasteiger partial charge is 0.292 e. The summed E-state index contributed by atoms with van der Waals surface area (Å²) in [5.41, 5.74) is 0. The smallest absolute Gasteiger partial charge is 0.185 e. The van der Waals surface area contributed by atoms with E-state index in [2.05, 4.69) is 15.9 Å². The summed E-state index contributed by atoms with van der Waals surface area (Å²) in [7, 11) is -1.33. The normalized spacial score (nSPS) is 12.3. The molecule has 0 saturated carbocycles. The van der Waals surface area contributed by atoms with Crippen LogP contribution in [0.1, 0.15) is 9.67 Å². The van der Waals surface area contributed by atoms with Crippen LogP contribution in [-0.4, -0.2) is 15.7 Å². The first-order valence-electron chi connectivity index (χ1n) is 4.99. The molecule has 1 heterocycles. The van der Waals surface area contributed by atoms with Crippen LogP contribution in [0.25, 0.3) is 0 Å². The van der Waals surface area contributed by atoms with Gasteiger partial charge in [-0.05, 0) is 30.3 Å². The highest BCUT2D eigenvalue weighted by molar-refractivity contribution is 9.10. The van der Waals surface area contributed by atoms with E-state index < -0.39 is 10.8 Å². The third kappa shape index (κ3) is 3.51. The van der Waals surface area contributed by atoms with E-state index in [-0.39, 0.29) is 11.5 Å². The lowest BCUT2D eigenvalue weighted by atomic mass is 10.3. The van der Waals surface area contributed by atoms with Gasteiger partial charge in [0.25, 0.3) is 0 Å². The second-order valence-electron chi connectivity index (χ2n) is 3.47. The van der Waals surface area contributed by atoms with Gasteiger partial charge in [-0.1, -0.05) is 33.6 Å². The number of ketones is 1. The van der Waals surface area contributed by atoms with Crippen molar-refractivity contribution in [2.75, 3.05) is 5.75 Å². The molecule has 0 fully saturated rings. The molecule has 18 heavy (non-hydrogen) atoms. The molecule has 2 aromatic rings. The van der Waals surface area contributed by atoms with Crippen LogP contribution in [0.5, 0.6) is 0 Å². The molecule has 1 atom stereocenters. The Morgan fingerprint density at radius 3 is 2.72 bits per heavy atom. The van der Waals surface area contributed by atoms with Gasteiger partial charge < -0.3 is 0 Å². The molecular formula is C12H8BrClO2S2. The number of rotatable bonds is 4. The Labute approximate surface area is 125 Å². The predicted molar refractivity (Wildman–Crippen MR) is 79.1 cm³/mol. The van der Waals surface area contributed by atoms with Gasteiger partial charge in [-0.2, -0.15) is 0 Å². The highest BCUT2D eigenvalue weighted by atomic mass is 79.9. The molecule has 94 valence electrons. The summed E-state index contributed by atoms with van der Waals surface area (Å²) in [6.45, 7) is 0. The molecule has 0 aliphatic heterocycles. The molecule has 6 heteroatoms. The maximum Gasteiger partial charge on any atom is 0.185 e. The standard InChI is InChI=1S/C12H8BrClO2S2/c13-8-2-1-3-9(6-8)18(16)7-10(15)11-4-5-12(14)17-11/h1-6H,7H2. The number of hydrogen-bond acceptors (Lipinski definition) is 3. The van der Waals surface area contributed by atoms with Crippen molar-refractivity contribution in [1.29, 1.82) is 0 Å². The lowest BCUT2D eigenvalue weighted by Gasteiger charge is -2.01. The summed E-state index contributed by atoms with van der Waals surface area (Å²) >= 11 is 10.3. The first-order valence-corrected chi connectivity index (χ1v) is 8.29. The third-order valence-corrected chi connectivity index (χ3v) is 5.24. The highest BCUT2D eigenvalue weighted by Gasteiger charge is 2.14. The minimum Gasteiger partial charge on any atom is -0.292 e. The molecule has 0 aliphatic carbocycles. The Morgan fingerprint density at radius 1 is 1.33 bits per heavy atom. The van der Waals surface area contributed by atoms with Gasteiger partial charge in [0, 0.05) is 9.37 Å². The summed E-state index contributed by atoms with van der Waals surface area (Å²) in [5.74, 6) is -0.168. The number of benzene rings is 1. The molecule has 2 rings (SSSR count). The van der Waals surface area contributed by atoms with Crippen molar-refractivity contribution in [3.8, 4) is 0 Å². The second kappa shape index (κ2) is 6.10. The molecular weight excluding hydrogens is 356 g/mol. The Kier molecular flexibility index (Phi) is 4.72. The van der Waals surface area contributed by atoms with E-state index in [9.17, 15) is 9.00 Å². The molecule has 0 spiro atoms. The van der Waals surface area contributed by atoms with Gasteiger partial charge in [0.1, 0.15) is 0 Å². The van der Waals surface area contributed by atoms with Crippen molar-refractivity contribution < 1.29 is 9.00 Å². The maximum absolute atomic E-state index is 12.0. The first kappa shape index (κ1) is 13.9. The number of Topliss-reactive ketones (excluding diaryl/α,β-unsaturated/α-hetero) is 1. The van der Waals surface area contributed by atoms with Crippen molar-refractivity contribution in [2.45, 2.75) is 4.90 Å². The Balaban J connectivity index is 2.10. The monoisotopic (exact) mass is 362 g/mol. The van der Waals surface area contributed by atoms with Crippen LogP contribution in [0.4, 0.5) is 0 Å². The summed E-state index contributed by atoms with van der Waals surface area (Å²) in [6.07, 6.45) is 0. The average Bonchev–Trinajstić information content (AvgIpc) is 2.76. The second-order valence-corrected chi connectivity index (χ2v) is 7.56. The number of hydrogen-bond donors (Lipinski definition) is 0. The van der Waals surface area contributed by atoms with Crippen molar-refractivity contribution in [1.82, 2.24) is 0 Å². The van der Waals surface area contributed by atoms with Gasteiger partial charge in [-0.15, -0.1) is 11.3 Å². The Hall–Kier alpha value is -0.490. The quantitative estimate of drug-likeness (QED) is 0.765. The highest BCUT2D eigenvalue weighted by Crippen LogP contribution is 2.23. The average molecular weight is 364 g/mol. The van der Waals surface area contributed by atoms with Crippen LogP contribution in [-0.2, 0) is 10.8 Å². The lowest BCUT2D eigenvalue weighted by Crippen LogP contribution is -2.09. The fourth-order valence-corrected chi connectivity index (χ4v) is 4.02. The fraction of sp³-hybridized carbons (Fsp3) is 0.0833. The third-order valence-electron chi connectivity index (χ3n) is 2.17. The van der Waals surface area contributed by atoms with Crippen LogP contribution in [0.2, 0.25) is 4.34 Å². The van der Waals surface area contributed by atoms with Gasteiger partial charge in [0.2, 0.25) is 0 Å². The van der Waals surface area contributed by atoms with E-state index in [0.717, 1.165) is 4.47 Å². The number of thiophene rings is 1. The van der Waals surface area contributed by atoms with E-state index in [1.54, 1.807) is 30.3 Å². The summed E-state index contributed by atoms with van der Waals surface area (Å²) in [4.78, 5) is 13.1. The lowest BCUT2D eigenvalue weighted by molar-refractivity contribution is 0.102. The molecule has 0 radical (unpaired) electrons. The molecule has 0 bridgehead atoms. The van der Waals surface area contributed by atoms with Crippen LogP contribution in [0, 0.1) is 0 Å². The molecule has 1 aromatic heterocycles. The van der Waals surface area contributed by atoms with Crippen LogP contribution in [0.15, 0.2) is 45.8 Å². The number of carbonyl (C=O) groups excluding carboxylic acids is 1. The van der Waals surface area contributed by atoms with Crippen molar-refractivity contribution >= 4 is 55.5 Å². The van der Waals surface area contributed by atoms with Crippen LogP contribution in [0.3, 0.4) is 0 Å². The van der Waals surface area contributed by atoms with Gasteiger partial charge in [0.05, 0.1) is 25.8 Å². The van der Waals surface area contributed by atoms with Gasteiger partial charge in [-0.3, -0.25) is 9.00 Å². The van der Waals surface area contributed by atoms with Gasteiger partial charge in [-0.25, -0.2) is 0 Å². The summed E-state index contributed by atoms with van der Waals surface area (Å²) in [6, 6.07) is 10.5. The fourth-order valence-electron chi connectivity index (χ4n) is 1.35. The zero-order valence-electron chi connectivity index (χ0n) is 9.06. The van der Waals surface area contributed by atoms with Gasteiger partial charge in [0.15, 0.2) is 5.78 Å². The van der Waals surface area contributed by atoms with Gasteiger partial charge >= 0.3 is 0 Å². The number of carbonyl (C=O) groups is 1. The zero-order chi connectivity index (χ0) is 13.1. The predicted octanol–water partition coefficient (Wildman–Crippen LogP) is 4.15. The van der Waals surface area contributed by atoms with Crippen molar-refractivity contribution in [3.63, 3.8) is 0 Å². The molecule has 1 aromatic carbocycles. The molecule has 1 unspecified atom stereocenters. The van der Waals surface area contributed by atoms with Crippen molar-refractivity contribution in [3.05, 3.63) is 50.1 Å².